The molecular weight excluding hydrogens is 138 g/mol. The van der Waals surface area contributed by atoms with Crippen LogP contribution < -0.4 is 0 Å². The van der Waals surface area contributed by atoms with E-state index in [0.717, 1.165) is 24.7 Å². The van der Waals surface area contributed by atoms with Gasteiger partial charge in [-0.3, -0.25) is 4.79 Å². The molecule has 0 radical (unpaired) electrons. The van der Waals surface area contributed by atoms with E-state index in [1.54, 1.807) is 0 Å². The highest BCUT2D eigenvalue weighted by atomic mass is 16.1. The van der Waals surface area contributed by atoms with Gasteiger partial charge in [0.05, 0.1) is 0 Å². The monoisotopic (exact) mass is 151 g/mol. The Hall–Kier alpha value is -1.05. The van der Waals surface area contributed by atoms with E-state index in [4.69, 9.17) is 0 Å². The van der Waals surface area contributed by atoms with Crippen molar-refractivity contribution in [3.05, 3.63) is 23.4 Å². The maximum Gasteiger partial charge on any atom is 0.146 e. The van der Waals surface area contributed by atoms with Gasteiger partial charge in [0.25, 0.3) is 0 Å². The van der Waals surface area contributed by atoms with Gasteiger partial charge in [-0.15, -0.1) is 0 Å². The number of nitrogens with zero attached hydrogens (tertiary/aromatic N) is 1. The average Bonchev–Trinajstić information content (AvgIpc) is 2.34. The SMILES string of the molecule is CN(C)/C=C1\C=C(C=O)CC1. The molecule has 1 aliphatic rings. The largest absolute Gasteiger partial charge is 0.383 e. The van der Waals surface area contributed by atoms with E-state index in [1.807, 2.05) is 25.1 Å². The standard InChI is InChI=1S/C9H13NO/c1-10(2)6-8-3-4-9(5-8)7-11/h5-7H,3-4H2,1-2H3/b8-6-. The zero-order chi connectivity index (χ0) is 8.27. The summed E-state index contributed by atoms with van der Waals surface area (Å²) in [6, 6.07) is 0. The fourth-order valence-corrected chi connectivity index (χ4v) is 1.20. The number of rotatable bonds is 2. The quantitative estimate of drug-likeness (QED) is 0.555. The lowest BCUT2D eigenvalue weighted by molar-refractivity contribution is -0.105. The average molecular weight is 151 g/mol. The van der Waals surface area contributed by atoms with Crippen LogP contribution in [0.2, 0.25) is 0 Å². The summed E-state index contributed by atoms with van der Waals surface area (Å²) in [5.41, 5.74) is 2.16. The molecule has 0 bridgehead atoms. The molecule has 11 heavy (non-hydrogen) atoms. The van der Waals surface area contributed by atoms with Gasteiger partial charge in [0.1, 0.15) is 6.29 Å². The Morgan fingerprint density at radius 3 is 2.64 bits per heavy atom. The summed E-state index contributed by atoms with van der Waals surface area (Å²) in [5.74, 6) is 0. The molecule has 0 amide bonds. The van der Waals surface area contributed by atoms with Gasteiger partial charge < -0.3 is 4.90 Å². The van der Waals surface area contributed by atoms with Crippen LogP contribution in [0.25, 0.3) is 0 Å². The van der Waals surface area contributed by atoms with Crippen molar-refractivity contribution in [2.75, 3.05) is 14.1 Å². The van der Waals surface area contributed by atoms with Gasteiger partial charge in [-0.05, 0) is 24.0 Å². The highest BCUT2D eigenvalue weighted by molar-refractivity contribution is 5.75. The maximum atomic E-state index is 10.3. The molecule has 0 aliphatic heterocycles. The van der Waals surface area contributed by atoms with Gasteiger partial charge in [0.2, 0.25) is 0 Å². The van der Waals surface area contributed by atoms with E-state index in [2.05, 4.69) is 6.20 Å². The van der Waals surface area contributed by atoms with Gasteiger partial charge in [-0.2, -0.15) is 0 Å². The second kappa shape index (κ2) is 3.37. The number of carbonyl (C=O) groups is 1. The third kappa shape index (κ3) is 2.22. The molecule has 1 rings (SSSR count). The smallest absolute Gasteiger partial charge is 0.146 e. The van der Waals surface area contributed by atoms with Crippen molar-refractivity contribution in [3.8, 4) is 0 Å². The van der Waals surface area contributed by atoms with Crippen LogP contribution in [0, 0.1) is 0 Å². The minimum atomic E-state index is 0.906. The Kier molecular flexibility index (Phi) is 2.47. The van der Waals surface area contributed by atoms with Crippen LogP contribution in [0.4, 0.5) is 0 Å². The highest BCUT2D eigenvalue weighted by Gasteiger charge is 2.07. The van der Waals surface area contributed by atoms with E-state index in [1.165, 1.54) is 5.57 Å². The molecule has 0 aromatic heterocycles. The number of hydrogen-bond donors (Lipinski definition) is 0. The van der Waals surface area contributed by atoms with E-state index in [9.17, 15) is 4.79 Å². The van der Waals surface area contributed by atoms with Crippen molar-refractivity contribution in [1.82, 2.24) is 4.90 Å². The molecule has 0 unspecified atom stereocenters. The van der Waals surface area contributed by atoms with Crippen molar-refractivity contribution in [2.45, 2.75) is 12.8 Å². The van der Waals surface area contributed by atoms with Gasteiger partial charge in [-0.25, -0.2) is 0 Å². The van der Waals surface area contributed by atoms with Crippen LogP contribution in [-0.2, 0) is 4.79 Å². The van der Waals surface area contributed by atoms with Crippen LogP contribution in [0.3, 0.4) is 0 Å². The first-order valence-corrected chi connectivity index (χ1v) is 3.75. The zero-order valence-electron chi connectivity index (χ0n) is 7.00. The summed E-state index contributed by atoms with van der Waals surface area (Å²) < 4.78 is 0. The van der Waals surface area contributed by atoms with Crippen LogP contribution >= 0.6 is 0 Å². The lowest BCUT2D eigenvalue weighted by atomic mass is 10.2. The Morgan fingerprint density at radius 2 is 2.18 bits per heavy atom. The molecule has 0 fully saturated rings. The molecular formula is C9H13NO. The summed E-state index contributed by atoms with van der Waals surface area (Å²) in [6.45, 7) is 0. The number of carbonyl (C=O) groups excluding carboxylic acids is 1. The van der Waals surface area contributed by atoms with Crippen LogP contribution in [-0.4, -0.2) is 25.3 Å². The first-order chi connectivity index (χ1) is 5.22. The molecule has 2 nitrogen and oxygen atoms in total. The minimum absolute atomic E-state index is 0.906. The predicted octanol–water partition coefficient (Wildman–Crippen LogP) is 1.35. The van der Waals surface area contributed by atoms with Crippen molar-refractivity contribution >= 4 is 6.29 Å². The second-order valence-electron chi connectivity index (χ2n) is 3.00. The van der Waals surface area contributed by atoms with E-state index < -0.39 is 0 Å². The van der Waals surface area contributed by atoms with Crippen molar-refractivity contribution in [1.29, 1.82) is 0 Å². The van der Waals surface area contributed by atoms with Gasteiger partial charge in [0, 0.05) is 20.3 Å². The van der Waals surface area contributed by atoms with Crippen molar-refractivity contribution in [2.24, 2.45) is 0 Å². The normalized spacial score (nSPS) is 20.2. The summed E-state index contributed by atoms with van der Waals surface area (Å²) in [7, 11) is 3.97. The molecule has 1 aliphatic carbocycles. The molecule has 0 saturated heterocycles. The number of aldehydes is 1. The molecule has 0 spiro atoms. The highest BCUT2D eigenvalue weighted by Crippen LogP contribution is 2.21. The third-order valence-corrected chi connectivity index (χ3v) is 1.65. The lowest BCUT2D eigenvalue weighted by Gasteiger charge is -2.04. The molecule has 0 saturated carbocycles. The summed E-state index contributed by atoms with van der Waals surface area (Å²) in [4.78, 5) is 12.3. The minimum Gasteiger partial charge on any atom is -0.383 e. The summed E-state index contributed by atoms with van der Waals surface area (Å²) in [5, 5.41) is 0. The van der Waals surface area contributed by atoms with Gasteiger partial charge in [0.15, 0.2) is 0 Å². The topological polar surface area (TPSA) is 20.3 Å². The van der Waals surface area contributed by atoms with Crippen molar-refractivity contribution in [3.63, 3.8) is 0 Å². The molecule has 2 heteroatoms. The molecule has 0 atom stereocenters. The zero-order valence-corrected chi connectivity index (χ0v) is 7.00. The maximum absolute atomic E-state index is 10.3. The molecule has 60 valence electrons. The number of allylic oxidation sites excluding steroid dienone is 3. The van der Waals surface area contributed by atoms with E-state index in [0.29, 0.717) is 0 Å². The molecule has 0 heterocycles. The van der Waals surface area contributed by atoms with Gasteiger partial charge >= 0.3 is 0 Å². The van der Waals surface area contributed by atoms with Crippen LogP contribution in [0.1, 0.15) is 12.8 Å². The lowest BCUT2D eigenvalue weighted by Crippen LogP contribution is -2.01. The Bertz CT molecular complexity index is 214. The van der Waals surface area contributed by atoms with Crippen LogP contribution in [0.5, 0.6) is 0 Å². The number of hydrogen-bond acceptors (Lipinski definition) is 2. The molecule has 0 N–H and O–H groups in total. The van der Waals surface area contributed by atoms with Crippen LogP contribution in [0.15, 0.2) is 23.4 Å². The third-order valence-electron chi connectivity index (χ3n) is 1.65. The fourth-order valence-electron chi connectivity index (χ4n) is 1.20. The Balaban J connectivity index is 2.65. The Labute approximate surface area is 67.2 Å². The second-order valence-corrected chi connectivity index (χ2v) is 3.00. The first-order valence-electron chi connectivity index (χ1n) is 3.75. The summed E-state index contributed by atoms with van der Waals surface area (Å²) >= 11 is 0. The van der Waals surface area contributed by atoms with E-state index >= 15 is 0 Å². The first kappa shape index (κ1) is 8.05. The van der Waals surface area contributed by atoms with Crippen molar-refractivity contribution < 1.29 is 4.79 Å². The molecule has 0 aromatic rings. The fraction of sp³-hybridized carbons (Fsp3) is 0.444. The van der Waals surface area contributed by atoms with Gasteiger partial charge in [-0.1, -0.05) is 6.08 Å². The summed E-state index contributed by atoms with van der Waals surface area (Å²) in [6.07, 6.45) is 6.87. The Morgan fingerprint density at radius 1 is 1.45 bits per heavy atom. The molecule has 0 aromatic carbocycles. The van der Waals surface area contributed by atoms with E-state index in [-0.39, 0.29) is 0 Å². The predicted molar refractivity (Wildman–Crippen MR) is 45.2 cm³/mol.